The highest BCUT2D eigenvalue weighted by Crippen LogP contribution is 2.22. The fourth-order valence-electron chi connectivity index (χ4n) is 1.08. The van der Waals surface area contributed by atoms with Crippen LogP contribution in [-0.2, 0) is 4.79 Å². The van der Waals surface area contributed by atoms with Crippen molar-refractivity contribution < 1.29 is 9.90 Å². The third-order valence-corrected chi connectivity index (χ3v) is 2.55. The number of hydrogen-bond acceptors (Lipinski definition) is 3. The van der Waals surface area contributed by atoms with Gasteiger partial charge in [-0.25, -0.2) is 0 Å². The Balaban J connectivity index is 2.71. The van der Waals surface area contributed by atoms with Gasteiger partial charge in [0.1, 0.15) is 0 Å². The SMILES string of the molecule is Cc1sccc1C(N)CC(=O)O. The Kier molecular flexibility index (Phi) is 2.83. The zero-order valence-electron chi connectivity index (χ0n) is 6.78. The zero-order valence-corrected chi connectivity index (χ0v) is 7.60. The Morgan fingerprint density at radius 2 is 2.50 bits per heavy atom. The molecule has 0 aliphatic heterocycles. The molecule has 0 aromatic carbocycles. The van der Waals surface area contributed by atoms with Crippen molar-refractivity contribution in [2.24, 2.45) is 5.73 Å². The van der Waals surface area contributed by atoms with Gasteiger partial charge in [0, 0.05) is 10.9 Å². The van der Waals surface area contributed by atoms with Crippen molar-refractivity contribution >= 4 is 17.3 Å². The number of nitrogens with two attached hydrogens (primary N) is 1. The summed E-state index contributed by atoms with van der Waals surface area (Å²) in [6.45, 7) is 1.95. The molecule has 0 saturated heterocycles. The Bertz CT molecular complexity index is 282. The number of aryl methyl sites for hydroxylation is 1. The van der Waals surface area contributed by atoms with Crippen molar-refractivity contribution in [1.82, 2.24) is 0 Å². The molecule has 1 unspecified atom stereocenters. The molecular weight excluding hydrogens is 174 g/mol. The lowest BCUT2D eigenvalue weighted by molar-refractivity contribution is -0.137. The first-order valence-electron chi connectivity index (χ1n) is 3.62. The van der Waals surface area contributed by atoms with Gasteiger partial charge < -0.3 is 10.8 Å². The van der Waals surface area contributed by atoms with Crippen molar-refractivity contribution in [3.63, 3.8) is 0 Å². The average Bonchev–Trinajstić information content (AvgIpc) is 2.33. The minimum atomic E-state index is -0.854. The van der Waals surface area contributed by atoms with Crippen molar-refractivity contribution in [1.29, 1.82) is 0 Å². The van der Waals surface area contributed by atoms with E-state index in [2.05, 4.69) is 0 Å². The second kappa shape index (κ2) is 3.69. The molecule has 0 aliphatic carbocycles. The van der Waals surface area contributed by atoms with Gasteiger partial charge in [-0.15, -0.1) is 11.3 Å². The summed E-state index contributed by atoms with van der Waals surface area (Å²) in [5.74, 6) is -0.854. The fourth-order valence-corrected chi connectivity index (χ4v) is 1.85. The van der Waals surface area contributed by atoms with Crippen LogP contribution in [0, 0.1) is 6.92 Å². The summed E-state index contributed by atoms with van der Waals surface area (Å²) in [4.78, 5) is 11.4. The maximum absolute atomic E-state index is 10.3. The lowest BCUT2D eigenvalue weighted by Gasteiger charge is -2.07. The number of carbonyl (C=O) groups is 1. The number of carboxylic acid groups (broad SMARTS) is 1. The monoisotopic (exact) mass is 185 g/mol. The van der Waals surface area contributed by atoms with Gasteiger partial charge in [-0.05, 0) is 23.9 Å². The van der Waals surface area contributed by atoms with Crippen LogP contribution >= 0.6 is 11.3 Å². The molecule has 4 heteroatoms. The molecular formula is C8H11NO2S. The van der Waals surface area contributed by atoms with Gasteiger partial charge in [-0.2, -0.15) is 0 Å². The highest BCUT2D eigenvalue weighted by Gasteiger charge is 2.12. The topological polar surface area (TPSA) is 63.3 Å². The van der Waals surface area contributed by atoms with Crippen LogP contribution in [0.2, 0.25) is 0 Å². The van der Waals surface area contributed by atoms with Crippen LogP contribution in [0.25, 0.3) is 0 Å². The van der Waals surface area contributed by atoms with Crippen molar-refractivity contribution in [2.45, 2.75) is 19.4 Å². The van der Waals surface area contributed by atoms with E-state index in [0.29, 0.717) is 0 Å². The van der Waals surface area contributed by atoms with Crippen LogP contribution in [-0.4, -0.2) is 11.1 Å². The Morgan fingerprint density at radius 1 is 1.83 bits per heavy atom. The maximum atomic E-state index is 10.3. The highest BCUT2D eigenvalue weighted by atomic mass is 32.1. The first-order chi connectivity index (χ1) is 5.61. The van der Waals surface area contributed by atoms with E-state index in [1.54, 1.807) is 11.3 Å². The largest absolute Gasteiger partial charge is 0.481 e. The van der Waals surface area contributed by atoms with E-state index in [-0.39, 0.29) is 12.5 Å². The maximum Gasteiger partial charge on any atom is 0.305 e. The normalized spacial score (nSPS) is 12.8. The summed E-state index contributed by atoms with van der Waals surface area (Å²) >= 11 is 1.59. The van der Waals surface area contributed by atoms with E-state index in [1.165, 1.54) is 0 Å². The molecule has 1 aromatic rings. The first kappa shape index (κ1) is 9.22. The molecule has 0 fully saturated rings. The Morgan fingerprint density at radius 3 is 2.92 bits per heavy atom. The minimum absolute atomic E-state index is 0.00241. The van der Waals surface area contributed by atoms with Crippen molar-refractivity contribution in [3.8, 4) is 0 Å². The van der Waals surface area contributed by atoms with Gasteiger partial charge in [0.15, 0.2) is 0 Å². The molecule has 0 bridgehead atoms. The predicted molar refractivity (Wildman–Crippen MR) is 48.2 cm³/mol. The third-order valence-electron chi connectivity index (χ3n) is 1.69. The molecule has 1 heterocycles. The average molecular weight is 185 g/mol. The standard InChI is InChI=1S/C8H11NO2S/c1-5-6(2-3-12-5)7(9)4-8(10)11/h2-3,7H,4,9H2,1H3,(H,10,11). The van der Waals surface area contributed by atoms with Gasteiger partial charge in [0.2, 0.25) is 0 Å². The number of hydrogen-bond donors (Lipinski definition) is 2. The van der Waals surface area contributed by atoms with Gasteiger partial charge in [-0.3, -0.25) is 4.79 Å². The predicted octanol–water partition coefficient (Wildman–Crippen LogP) is 1.53. The quantitative estimate of drug-likeness (QED) is 0.750. The van der Waals surface area contributed by atoms with Crippen LogP contribution < -0.4 is 5.73 Å². The van der Waals surface area contributed by atoms with Gasteiger partial charge in [0.05, 0.1) is 6.42 Å². The van der Waals surface area contributed by atoms with E-state index in [4.69, 9.17) is 10.8 Å². The molecule has 1 atom stereocenters. The zero-order chi connectivity index (χ0) is 9.14. The summed E-state index contributed by atoms with van der Waals surface area (Å²) in [5, 5.41) is 10.4. The summed E-state index contributed by atoms with van der Waals surface area (Å²) < 4.78 is 0. The van der Waals surface area contributed by atoms with E-state index in [1.807, 2.05) is 18.4 Å². The summed E-state index contributed by atoms with van der Waals surface area (Å²) in [7, 11) is 0. The number of carboxylic acids is 1. The molecule has 1 rings (SSSR count). The third kappa shape index (κ3) is 2.06. The molecule has 3 nitrogen and oxygen atoms in total. The molecule has 1 aromatic heterocycles. The molecule has 12 heavy (non-hydrogen) atoms. The summed E-state index contributed by atoms with van der Waals surface area (Å²) in [6, 6.07) is 1.52. The van der Waals surface area contributed by atoms with Gasteiger partial charge >= 0.3 is 5.97 Å². The fraction of sp³-hybridized carbons (Fsp3) is 0.375. The molecule has 0 radical (unpaired) electrons. The highest BCUT2D eigenvalue weighted by molar-refractivity contribution is 7.10. The van der Waals surface area contributed by atoms with Gasteiger partial charge in [-0.1, -0.05) is 0 Å². The smallest absolute Gasteiger partial charge is 0.305 e. The minimum Gasteiger partial charge on any atom is -0.481 e. The second-order valence-electron chi connectivity index (χ2n) is 2.64. The number of rotatable bonds is 3. The molecule has 0 amide bonds. The Labute approximate surface area is 74.8 Å². The van der Waals surface area contributed by atoms with E-state index in [0.717, 1.165) is 10.4 Å². The summed E-state index contributed by atoms with van der Waals surface area (Å²) in [5.41, 5.74) is 6.61. The van der Waals surface area contributed by atoms with Crippen molar-refractivity contribution in [3.05, 3.63) is 21.9 Å². The van der Waals surface area contributed by atoms with Gasteiger partial charge in [0.25, 0.3) is 0 Å². The lowest BCUT2D eigenvalue weighted by Crippen LogP contribution is -2.14. The van der Waals surface area contributed by atoms with Crippen LogP contribution in [0.3, 0.4) is 0 Å². The molecule has 0 spiro atoms. The molecule has 3 N–H and O–H groups in total. The molecule has 66 valence electrons. The van der Waals surface area contributed by atoms with Crippen molar-refractivity contribution in [2.75, 3.05) is 0 Å². The lowest BCUT2D eigenvalue weighted by atomic mass is 10.1. The summed E-state index contributed by atoms with van der Waals surface area (Å²) in [6.07, 6.45) is -0.00241. The number of aliphatic carboxylic acids is 1. The molecule has 0 saturated carbocycles. The second-order valence-corrected chi connectivity index (χ2v) is 3.76. The number of thiophene rings is 1. The Hall–Kier alpha value is -0.870. The van der Waals surface area contributed by atoms with Crippen LogP contribution in [0.5, 0.6) is 0 Å². The van der Waals surface area contributed by atoms with Crippen LogP contribution in [0.4, 0.5) is 0 Å². The van der Waals surface area contributed by atoms with Crippen LogP contribution in [0.1, 0.15) is 22.9 Å². The van der Waals surface area contributed by atoms with E-state index < -0.39 is 5.97 Å². The first-order valence-corrected chi connectivity index (χ1v) is 4.50. The van der Waals surface area contributed by atoms with E-state index >= 15 is 0 Å². The molecule has 0 aliphatic rings. The van der Waals surface area contributed by atoms with E-state index in [9.17, 15) is 4.79 Å². The van der Waals surface area contributed by atoms with Crippen LogP contribution in [0.15, 0.2) is 11.4 Å².